The Labute approximate surface area is 183 Å². The second-order valence-electron chi connectivity index (χ2n) is 7.70. The van der Waals surface area contributed by atoms with Crippen LogP contribution in [0.25, 0.3) is 22.3 Å². The number of fused-ring (bicyclic) bond motifs is 1. The summed E-state index contributed by atoms with van der Waals surface area (Å²) in [7, 11) is 1.57. The Morgan fingerprint density at radius 3 is 2.72 bits per heavy atom. The van der Waals surface area contributed by atoms with Crippen molar-refractivity contribution >= 4 is 11.0 Å². The minimum atomic E-state index is -0.339. The van der Waals surface area contributed by atoms with Crippen molar-refractivity contribution in [3.63, 3.8) is 0 Å². The Bertz CT molecular complexity index is 1350. The fourth-order valence-corrected chi connectivity index (χ4v) is 3.75. The van der Waals surface area contributed by atoms with Gasteiger partial charge in [0.05, 0.1) is 37.1 Å². The molecule has 0 unspecified atom stereocenters. The number of benzene rings is 1. The van der Waals surface area contributed by atoms with Crippen LogP contribution in [0, 0.1) is 5.82 Å². The van der Waals surface area contributed by atoms with Crippen LogP contribution >= 0.6 is 0 Å². The molecule has 168 valence electrons. The average molecular weight is 439 g/mol. The van der Waals surface area contributed by atoms with Crippen LogP contribution in [0.1, 0.15) is 25.3 Å². The van der Waals surface area contributed by atoms with Crippen molar-refractivity contribution in [3.05, 3.63) is 74.9 Å². The highest BCUT2D eigenvalue weighted by Crippen LogP contribution is 2.22. The summed E-state index contributed by atoms with van der Waals surface area (Å²) in [4.78, 5) is 29.2. The van der Waals surface area contributed by atoms with E-state index < -0.39 is 0 Å². The number of aromatic nitrogens is 5. The van der Waals surface area contributed by atoms with Crippen molar-refractivity contribution in [1.29, 1.82) is 0 Å². The van der Waals surface area contributed by atoms with E-state index in [1.54, 1.807) is 53.0 Å². The third-order valence-corrected chi connectivity index (χ3v) is 5.50. The molecule has 8 nitrogen and oxygen atoms in total. The second kappa shape index (κ2) is 9.35. The van der Waals surface area contributed by atoms with E-state index in [-0.39, 0.29) is 23.6 Å². The van der Waals surface area contributed by atoms with Gasteiger partial charge in [-0.15, -0.1) is 0 Å². The zero-order valence-electron chi connectivity index (χ0n) is 18.2. The molecule has 1 aromatic carbocycles. The third-order valence-electron chi connectivity index (χ3n) is 5.50. The van der Waals surface area contributed by atoms with Crippen LogP contribution in [-0.2, 0) is 24.4 Å². The number of aromatic amines is 1. The van der Waals surface area contributed by atoms with Crippen LogP contribution in [0.3, 0.4) is 0 Å². The molecule has 0 spiro atoms. The molecule has 0 bridgehead atoms. The minimum Gasteiger partial charge on any atom is -0.383 e. The molecule has 0 saturated carbocycles. The molecule has 0 fully saturated rings. The first-order valence-electron chi connectivity index (χ1n) is 10.6. The van der Waals surface area contributed by atoms with E-state index in [9.17, 15) is 14.0 Å². The fraction of sp³-hybridized carbons (Fsp3) is 0.348. The van der Waals surface area contributed by atoms with Crippen molar-refractivity contribution in [2.45, 2.75) is 39.4 Å². The summed E-state index contributed by atoms with van der Waals surface area (Å²) in [5.41, 5.74) is 2.16. The largest absolute Gasteiger partial charge is 0.383 e. The number of nitrogens with one attached hydrogen (secondary N) is 1. The number of H-pyrrole nitrogens is 1. The van der Waals surface area contributed by atoms with E-state index in [0.717, 1.165) is 18.4 Å². The normalized spacial score (nSPS) is 11.5. The summed E-state index contributed by atoms with van der Waals surface area (Å²) in [6.45, 7) is 3.35. The van der Waals surface area contributed by atoms with Crippen LogP contribution in [0.15, 0.2) is 52.3 Å². The van der Waals surface area contributed by atoms with Gasteiger partial charge in [-0.2, -0.15) is 5.10 Å². The zero-order valence-corrected chi connectivity index (χ0v) is 18.2. The Kier molecular flexibility index (Phi) is 6.36. The number of unbranched alkanes of at least 4 members (excludes halogenated alkanes) is 1. The quantitative estimate of drug-likeness (QED) is 0.434. The minimum absolute atomic E-state index is 0.287. The first kappa shape index (κ1) is 21.8. The molecule has 0 saturated heterocycles. The maximum atomic E-state index is 14.0. The summed E-state index contributed by atoms with van der Waals surface area (Å²) in [6.07, 6.45) is 5.05. The molecule has 3 heterocycles. The number of ether oxygens (including phenoxy) is 1. The van der Waals surface area contributed by atoms with Crippen molar-refractivity contribution in [1.82, 2.24) is 23.9 Å². The summed E-state index contributed by atoms with van der Waals surface area (Å²) >= 11 is 0. The Morgan fingerprint density at radius 2 is 1.97 bits per heavy atom. The van der Waals surface area contributed by atoms with Gasteiger partial charge in [-0.05, 0) is 18.6 Å². The first-order valence-corrected chi connectivity index (χ1v) is 10.6. The first-order chi connectivity index (χ1) is 15.5. The molecule has 32 heavy (non-hydrogen) atoms. The number of rotatable bonds is 9. The van der Waals surface area contributed by atoms with Crippen LogP contribution in [0.4, 0.5) is 4.39 Å². The number of nitrogens with zero attached hydrogens (tertiary/aromatic N) is 4. The van der Waals surface area contributed by atoms with E-state index in [1.807, 2.05) is 6.92 Å². The molecule has 4 aromatic rings. The lowest BCUT2D eigenvalue weighted by molar-refractivity contribution is 0.186. The summed E-state index contributed by atoms with van der Waals surface area (Å²) in [6, 6.07) is 8.34. The van der Waals surface area contributed by atoms with Gasteiger partial charge in [0, 0.05) is 31.0 Å². The van der Waals surface area contributed by atoms with Gasteiger partial charge in [0.25, 0.3) is 5.56 Å². The summed E-state index contributed by atoms with van der Waals surface area (Å²) < 4.78 is 23.6. The number of hydrogen-bond donors (Lipinski definition) is 1. The van der Waals surface area contributed by atoms with Crippen LogP contribution in [0.2, 0.25) is 0 Å². The van der Waals surface area contributed by atoms with E-state index >= 15 is 0 Å². The molecule has 0 radical (unpaired) electrons. The molecule has 0 aliphatic rings. The molecular weight excluding hydrogens is 413 g/mol. The molecule has 0 amide bonds. The Hall–Kier alpha value is -3.46. The highest BCUT2D eigenvalue weighted by molar-refractivity contribution is 5.82. The molecular formula is C23H26FN5O3. The molecule has 1 N–H and O–H groups in total. The van der Waals surface area contributed by atoms with Gasteiger partial charge in [-0.1, -0.05) is 31.5 Å². The molecule has 0 atom stereocenters. The fourth-order valence-electron chi connectivity index (χ4n) is 3.75. The van der Waals surface area contributed by atoms with Gasteiger partial charge in [0.2, 0.25) is 0 Å². The number of halogens is 1. The average Bonchev–Trinajstić information content (AvgIpc) is 3.43. The molecule has 3 aromatic heterocycles. The van der Waals surface area contributed by atoms with Crippen LogP contribution in [-0.4, -0.2) is 37.6 Å². The van der Waals surface area contributed by atoms with Crippen molar-refractivity contribution in [2.24, 2.45) is 0 Å². The standard InChI is InChI=1S/C23H26FN5O3/c1-3-4-9-29-22(30)21-20(28(23(29)31)10-11-32-2)12-19(26-21)17-13-25-27(15-17)14-16-7-5-6-8-18(16)24/h5-8,12-13,15,26H,3-4,9-11,14H2,1-2H3. The highest BCUT2D eigenvalue weighted by atomic mass is 19.1. The maximum absolute atomic E-state index is 14.0. The lowest BCUT2D eigenvalue weighted by Gasteiger charge is -2.11. The highest BCUT2D eigenvalue weighted by Gasteiger charge is 2.17. The van der Waals surface area contributed by atoms with E-state index in [2.05, 4.69) is 10.1 Å². The van der Waals surface area contributed by atoms with E-state index in [4.69, 9.17) is 4.74 Å². The Balaban J connectivity index is 1.75. The molecule has 0 aliphatic carbocycles. The van der Waals surface area contributed by atoms with Crippen molar-refractivity contribution in [3.8, 4) is 11.3 Å². The maximum Gasteiger partial charge on any atom is 0.331 e. The predicted molar refractivity (Wildman–Crippen MR) is 120 cm³/mol. The second-order valence-corrected chi connectivity index (χ2v) is 7.70. The molecule has 4 rings (SSSR count). The smallest absolute Gasteiger partial charge is 0.331 e. The van der Waals surface area contributed by atoms with E-state index in [1.165, 1.54) is 10.6 Å². The number of hydrogen-bond acceptors (Lipinski definition) is 4. The van der Waals surface area contributed by atoms with Crippen molar-refractivity contribution < 1.29 is 9.13 Å². The van der Waals surface area contributed by atoms with Gasteiger partial charge >= 0.3 is 5.69 Å². The van der Waals surface area contributed by atoms with Gasteiger partial charge in [-0.25, -0.2) is 9.18 Å². The lowest BCUT2D eigenvalue weighted by atomic mass is 10.2. The Morgan fingerprint density at radius 1 is 1.16 bits per heavy atom. The van der Waals surface area contributed by atoms with Crippen molar-refractivity contribution in [2.75, 3.05) is 13.7 Å². The monoisotopic (exact) mass is 439 g/mol. The topological polar surface area (TPSA) is 86.8 Å². The predicted octanol–water partition coefficient (Wildman–Crippen LogP) is 2.99. The van der Waals surface area contributed by atoms with Gasteiger partial charge in [0.15, 0.2) is 0 Å². The third kappa shape index (κ3) is 4.16. The zero-order chi connectivity index (χ0) is 22.7. The molecule has 9 heteroatoms. The summed E-state index contributed by atoms with van der Waals surface area (Å²) in [5.74, 6) is -0.287. The molecule has 0 aliphatic heterocycles. The van der Waals surface area contributed by atoms with Gasteiger partial charge in [-0.3, -0.25) is 18.6 Å². The van der Waals surface area contributed by atoms with Gasteiger partial charge in [0.1, 0.15) is 11.3 Å². The van der Waals surface area contributed by atoms with Crippen LogP contribution in [0.5, 0.6) is 0 Å². The summed E-state index contributed by atoms with van der Waals surface area (Å²) in [5, 5.41) is 4.33. The van der Waals surface area contributed by atoms with Gasteiger partial charge < -0.3 is 9.72 Å². The van der Waals surface area contributed by atoms with Crippen LogP contribution < -0.4 is 11.2 Å². The van der Waals surface area contributed by atoms with E-state index in [0.29, 0.717) is 42.0 Å². The number of methoxy groups -OCH3 is 1. The SMILES string of the molecule is CCCCn1c(=O)c2[nH]c(-c3cnn(Cc4ccccc4F)c3)cc2n(CCOC)c1=O. The lowest BCUT2D eigenvalue weighted by Crippen LogP contribution is -2.40.